The minimum Gasteiger partial charge on any atom is -0.372 e. The molecule has 1 aromatic heterocycles. The summed E-state index contributed by atoms with van der Waals surface area (Å²) in [5, 5.41) is 15.4. The van der Waals surface area contributed by atoms with Crippen LogP contribution in [0.4, 0.5) is 21.0 Å². The number of urea groups is 2. The summed E-state index contributed by atoms with van der Waals surface area (Å²) in [6.45, 7) is 0. The van der Waals surface area contributed by atoms with Crippen molar-refractivity contribution in [1.29, 1.82) is 0 Å². The molecule has 3 N–H and O–H groups in total. The zero-order valence-electron chi connectivity index (χ0n) is 20.0. The summed E-state index contributed by atoms with van der Waals surface area (Å²) in [5.41, 5.74) is 1.57. The monoisotopic (exact) mass is 513 g/mol. The summed E-state index contributed by atoms with van der Waals surface area (Å²) in [7, 11) is 0. The molecule has 11 nitrogen and oxygen atoms in total. The highest BCUT2D eigenvalue weighted by atomic mass is 16.3. The van der Waals surface area contributed by atoms with Crippen LogP contribution in [-0.4, -0.2) is 46.1 Å². The number of hydrogen-bond donors (Lipinski definition) is 3. The van der Waals surface area contributed by atoms with Gasteiger partial charge in [-0.2, -0.15) is 0 Å². The number of nitrogens with one attached hydrogen (secondary N) is 2. The number of imide groups is 3. The highest BCUT2D eigenvalue weighted by Gasteiger charge is 2.43. The summed E-state index contributed by atoms with van der Waals surface area (Å²) < 4.78 is 0. The van der Waals surface area contributed by atoms with Gasteiger partial charge in [-0.05, 0) is 36.4 Å². The molecule has 3 unspecified atom stereocenters. The lowest BCUT2D eigenvalue weighted by atomic mass is 9.95. The van der Waals surface area contributed by atoms with Gasteiger partial charge in [0.2, 0.25) is 17.7 Å². The number of rotatable bonds is 6. The normalized spacial score (nSPS) is 21.8. The van der Waals surface area contributed by atoms with Crippen LogP contribution in [0.25, 0.3) is 0 Å². The van der Waals surface area contributed by atoms with Crippen molar-refractivity contribution >= 4 is 41.2 Å². The third kappa shape index (κ3) is 4.74. The van der Waals surface area contributed by atoms with Gasteiger partial charge in [-0.3, -0.25) is 34.9 Å². The molecule has 192 valence electrons. The average Bonchev–Trinajstić information content (AvgIpc) is 2.90. The fourth-order valence-electron chi connectivity index (χ4n) is 4.56. The molecule has 38 heavy (non-hydrogen) atoms. The summed E-state index contributed by atoms with van der Waals surface area (Å²) >= 11 is 0. The van der Waals surface area contributed by atoms with Gasteiger partial charge in [-0.25, -0.2) is 14.5 Å². The molecule has 7 amide bonds. The number of carbonyl (C=O) groups is 5. The number of carbonyl (C=O) groups excluding carboxylic acids is 5. The van der Waals surface area contributed by atoms with Crippen molar-refractivity contribution < 1.29 is 29.1 Å². The fourth-order valence-corrected chi connectivity index (χ4v) is 4.56. The lowest BCUT2D eigenvalue weighted by Gasteiger charge is -2.37. The van der Waals surface area contributed by atoms with Gasteiger partial charge < -0.3 is 5.11 Å². The number of aliphatic hydroxyl groups excluding tert-OH is 1. The highest BCUT2D eigenvalue weighted by molar-refractivity contribution is 6.27. The Morgan fingerprint density at radius 3 is 1.92 bits per heavy atom. The number of barbiturate groups is 1. The predicted octanol–water partition coefficient (Wildman–Crippen LogP) is 1.76. The van der Waals surface area contributed by atoms with Gasteiger partial charge in [0.15, 0.2) is 0 Å². The van der Waals surface area contributed by atoms with E-state index in [4.69, 9.17) is 0 Å². The molecule has 2 aliphatic heterocycles. The molecule has 3 atom stereocenters. The van der Waals surface area contributed by atoms with E-state index < -0.39 is 47.8 Å². The maximum Gasteiger partial charge on any atom is 0.335 e. The van der Waals surface area contributed by atoms with Crippen LogP contribution in [-0.2, 0) is 27.2 Å². The number of anilines is 2. The van der Waals surface area contributed by atoms with E-state index >= 15 is 0 Å². The van der Waals surface area contributed by atoms with E-state index in [1.54, 1.807) is 78.9 Å². The van der Waals surface area contributed by atoms with Crippen molar-refractivity contribution in [2.45, 2.75) is 19.1 Å². The molecule has 0 saturated carbocycles. The number of benzene rings is 2. The molecule has 0 spiro atoms. The standard InChI is InChI=1S/C27H23N5O6/c33-22-20(24(35)31(26(37)29-22)18-10-3-1-4-11-18)14-16-8-7-9-17(28-16)15-21-23(34)30-27(38)32(25(21)36)19-12-5-2-6-13-19/h1-13,20-21,24,35H,14-15H2,(H,29,33,37)(H,30,34,38). The van der Waals surface area contributed by atoms with Gasteiger partial charge in [0, 0.05) is 29.9 Å². The largest absolute Gasteiger partial charge is 0.372 e. The Bertz CT molecular complexity index is 1410. The fraction of sp³-hybridized carbons (Fsp3) is 0.185. The van der Waals surface area contributed by atoms with Crippen LogP contribution in [0.2, 0.25) is 0 Å². The molecule has 5 rings (SSSR count). The Labute approximate surface area is 217 Å². The van der Waals surface area contributed by atoms with Crippen LogP contribution < -0.4 is 20.4 Å². The van der Waals surface area contributed by atoms with Crippen LogP contribution in [0.5, 0.6) is 0 Å². The molecular weight excluding hydrogens is 490 g/mol. The molecule has 11 heteroatoms. The lowest BCUT2D eigenvalue weighted by molar-refractivity contribution is -0.134. The third-order valence-electron chi connectivity index (χ3n) is 6.43. The van der Waals surface area contributed by atoms with E-state index in [-0.39, 0.29) is 12.8 Å². The summed E-state index contributed by atoms with van der Waals surface area (Å²) in [4.78, 5) is 69.6. The quantitative estimate of drug-likeness (QED) is 0.425. The van der Waals surface area contributed by atoms with Crippen molar-refractivity contribution in [1.82, 2.24) is 15.6 Å². The first-order valence-corrected chi connectivity index (χ1v) is 11.9. The van der Waals surface area contributed by atoms with Crippen molar-refractivity contribution in [2.75, 3.05) is 9.80 Å². The van der Waals surface area contributed by atoms with Crippen LogP contribution in [0.1, 0.15) is 11.4 Å². The zero-order valence-corrected chi connectivity index (χ0v) is 20.0. The first kappa shape index (κ1) is 24.8. The van der Waals surface area contributed by atoms with Crippen LogP contribution in [0.3, 0.4) is 0 Å². The average molecular weight is 514 g/mol. The number of pyridine rings is 1. The Hall–Kier alpha value is -4.90. The van der Waals surface area contributed by atoms with E-state index in [0.717, 1.165) is 9.80 Å². The first-order valence-electron chi connectivity index (χ1n) is 11.9. The number of amides is 7. The van der Waals surface area contributed by atoms with E-state index in [1.807, 2.05) is 0 Å². The number of hydrogen-bond acceptors (Lipinski definition) is 7. The third-order valence-corrected chi connectivity index (χ3v) is 6.43. The topological polar surface area (TPSA) is 149 Å². The van der Waals surface area contributed by atoms with Crippen molar-refractivity contribution in [2.24, 2.45) is 11.8 Å². The molecular formula is C27H23N5O6. The summed E-state index contributed by atoms with van der Waals surface area (Å²) in [6, 6.07) is 20.1. The Balaban J connectivity index is 1.34. The van der Waals surface area contributed by atoms with Crippen molar-refractivity contribution in [3.8, 4) is 0 Å². The smallest absolute Gasteiger partial charge is 0.335 e. The van der Waals surface area contributed by atoms with Crippen LogP contribution in [0, 0.1) is 11.8 Å². The Morgan fingerprint density at radius 2 is 1.26 bits per heavy atom. The Kier molecular flexibility index (Phi) is 6.67. The van der Waals surface area contributed by atoms with E-state index in [1.165, 1.54) is 0 Å². The molecule has 0 bridgehead atoms. The van der Waals surface area contributed by atoms with Crippen LogP contribution >= 0.6 is 0 Å². The molecule has 3 aromatic rings. The van der Waals surface area contributed by atoms with Crippen LogP contribution in [0.15, 0.2) is 78.9 Å². The molecule has 0 radical (unpaired) electrons. The van der Waals surface area contributed by atoms with Gasteiger partial charge >= 0.3 is 12.1 Å². The van der Waals surface area contributed by atoms with E-state index in [9.17, 15) is 29.1 Å². The van der Waals surface area contributed by atoms with Gasteiger partial charge in [-0.1, -0.05) is 42.5 Å². The van der Waals surface area contributed by atoms with Gasteiger partial charge in [-0.15, -0.1) is 0 Å². The minimum absolute atomic E-state index is 0.00309. The predicted molar refractivity (Wildman–Crippen MR) is 135 cm³/mol. The summed E-state index contributed by atoms with van der Waals surface area (Å²) in [6.07, 6.45) is -1.51. The molecule has 0 aliphatic carbocycles. The molecule has 2 saturated heterocycles. The zero-order chi connectivity index (χ0) is 26.8. The second kappa shape index (κ2) is 10.2. The van der Waals surface area contributed by atoms with E-state index in [0.29, 0.717) is 22.8 Å². The molecule has 2 aliphatic rings. The lowest BCUT2D eigenvalue weighted by Crippen LogP contribution is -2.61. The second-order valence-electron chi connectivity index (χ2n) is 8.90. The number of nitrogens with zero attached hydrogens (tertiary/aromatic N) is 3. The van der Waals surface area contributed by atoms with E-state index in [2.05, 4.69) is 15.6 Å². The second-order valence-corrected chi connectivity index (χ2v) is 8.90. The SMILES string of the molecule is O=C1NC(=O)N(c2ccccc2)C(=O)C1Cc1cccc(CC2C(=O)NC(=O)N(c3ccccc3)C2O)n1. The van der Waals surface area contributed by atoms with Crippen molar-refractivity contribution in [3.05, 3.63) is 90.3 Å². The molecule has 2 fully saturated rings. The highest BCUT2D eigenvalue weighted by Crippen LogP contribution is 2.26. The summed E-state index contributed by atoms with van der Waals surface area (Å²) in [5.74, 6) is -4.23. The first-order chi connectivity index (χ1) is 18.3. The number of aliphatic hydroxyl groups is 1. The van der Waals surface area contributed by atoms with Crippen molar-refractivity contribution in [3.63, 3.8) is 0 Å². The molecule has 2 aromatic carbocycles. The van der Waals surface area contributed by atoms with Gasteiger partial charge in [0.1, 0.15) is 12.1 Å². The van der Waals surface area contributed by atoms with Gasteiger partial charge in [0.05, 0.1) is 11.6 Å². The number of aromatic nitrogens is 1. The van der Waals surface area contributed by atoms with Gasteiger partial charge in [0.25, 0.3) is 0 Å². The molecule has 3 heterocycles. The maximum atomic E-state index is 13.1. The maximum absolute atomic E-state index is 13.1. The Morgan fingerprint density at radius 1 is 0.684 bits per heavy atom. The number of para-hydroxylation sites is 2. The minimum atomic E-state index is -1.43.